The van der Waals surface area contributed by atoms with Crippen LogP contribution >= 0.6 is 11.3 Å². The maximum atomic E-state index is 12.5. The van der Waals surface area contributed by atoms with Crippen LogP contribution in [0, 0.1) is 13.8 Å². The summed E-state index contributed by atoms with van der Waals surface area (Å²) in [5.74, 6) is -0.955. The van der Waals surface area contributed by atoms with E-state index in [1.54, 1.807) is 35.8 Å². The summed E-state index contributed by atoms with van der Waals surface area (Å²) in [6.07, 6.45) is 0.207. The zero-order chi connectivity index (χ0) is 24.0. The van der Waals surface area contributed by atoms with E-state index in [1.807, 2.05) is 32.0 Å². The standard InChI is InChI=1S/C24H28N2O5S2/c1-4-31-23(28)15-26-20-13-17(2)18(3)14-21(20)32-24(26)25-22(27)11-8-12-33(29,30)16-19-9-6-5-7-10-19/h5-7,9-10,13-14H,4,8,11-12,15-16H2,1-3H3. The van der Waals surface area contributed by atoms with Gasteiger partial charge in [0.1, 0.15) is 6.54 Å². The zero-order valence-corrected chi connectivity index (χ0v) is 20.7. The highest BCUT2D eigenvalue weighted by molar-refractivity contribution is 7.90. The maximum Gasteiger partial charge on any atom is 0.326 e. The second kappa shape index (κ2) is 10.9. The molecule has 0 bridgehead atoms. The van der Waals surface area contributed by atoms with Crippen LogP contribution in [0.1, 0.15) is 36.5 Å². The molecule has 0 saturated carbocycles. The SMILES string of the molecule is CCOC(=O)Cn1c(=NC(=O)CCCS(=O)(=O)Cc2ccccc2)sc2cc(C)c(C)cc21. The first-order chi connectivity index (χ1) is 15.7. The van der Waals surface area contributed by atoms with Gasteiger partial charge in [0.25, 0.3) is 0 Å². The molecule has 9 heteroatoms. The Bertz CT molecular complexity index is 1320. The number of amides is 1. The van der Waals surface area contributed by atoms with E-state index >= 15 is 0 Å². The van der Waals surface area contributed by atoms with Crippen LogP contribution in [0.2, 0.25) is 0 Å². The van der Waals surface area contributed by atoms with Crippen LogP contribution < -0.4 is 4.80 Å². The molecule has 0 N–H and O–H groups in total. The lowest BCUT2D eigenvalue weighted by Gasteiger charge is -2.06. The summed E-state index contributed by atoms with van der Waals surface area (Å²) >= 11 is 1.33. The van der Waals surface area contributed by atoms with Crippen molar-refractivity contribution < 1.29 is 22.7 Å². The van der Waals surface area contributed by atoms with E-state index in [1.165, 1.54) is 11.3 Å². The number of fused-ring (bicyclic) bond motifs is 1. The lowest BCUT2D eigenvalue weighted by Crippen LogP contribution is -2.23. The van der Waals surface area contributed by atoms with Crippen molar-refractivity contribution in [1.29, 1.82) is 0 Å². The molecule has 7 nitrogen and oxygen atoms in total. The molecule has 0 aliphatic rings. The summed E-state index contributed by atoms with van der Waals surface area (Å²) in [7, 11) is -3.32. The summed E-state index contributed by atoms with van der Waals surface area (Å²) < 4.78 is 32.4. The molecular formula is C24H28N2O5S2. The number of nitrogens with zero attached hydrogens (tertiary/aromatic N) is 2. The predicted octanol–water partition coefficient (Wildman–Crippen LogP) is 3.71. The third kappa shape index (κ3) is 6.85. The number of aromatic nitrogens is 1. The Kier molecular flexibility index (Phi) is 8.20. The third-order valence-electron chi connectivity index (χ3n) is 5.19. The van der Waals surface area contributed by atoms with Crippen LogP contribution in [0.4, 0.5) is 0 Å². The van der Waals surface area contributed by atoms with E-state index in [4.69, 9.17) is 4.74 Å². The van der Waals surface area contributed by atoms with Gasteiger partial charge in [-0.05, 0) is 56.0 Å². The van der Waals surface area contributed by atoms with Crippen LogP contribution in [-0.2, 0) is 36.5 Å². The second-order valence-corrected chi connectivity index (χ2v) is 11.1. The Hall–Kier alpha value is -2.78. The Morgan fingerprint density at radius 1 is 1.09 bits per heavy atom. The first-order valence-corrected chi connectivity index (χ1v) is 13.4. The number of ether oxygens (including phenoxy) is 1. The molecule has 0 aliphatic heterocycles. The highest BCUT2D eigenvalue weighted by Crippen LogP contribution is 2.22. The molecule has 1 aromatic heterocycles. The number of carbonyl (C=O) groups is 2. The molecule has 0 atom stereocenters. The lowest BCUT2D eigenvalue weighted by molar-refractivity contribution is -0.143. The van der Waals surface area contributed by atoms with E-state index in [0.717, 1.165) is 26.9 Å². The highest BCUT2D eigenvalue weighted by atomic mass is 32.2. The van der Waals surface area contributed by atoms with Gasteiger partial charge in [-0.25, -0.2) is 8.42 Å². The molecule has 3 rings (SSSR count). The van der Waals surface area contributed by atoms with E-state index in [0.29, 0.717) is 4.80 Å². The minimum atomic E-state index is -3.32. The Labute approximate surface area is 197 Å². The molecule has 0 spiro atoms. The molecule has 0 saturated heterocycles. The monoisotopic (exact) mass is 488 g/mol. The molecule has 2 aromatic carbocycles. The average Bonchev–Trinajstić information content (AvgIpc) is 3.04. The smallest absolute Gasteiger partial charge is 0.326 e. The van der Waals surface area contributed by atoms with E-state index in [-0.39, 0.29) is 37.5 Å². The molecule has 1 amide bonds. The highest BCUT2D eigenvalue weighted by Gasteiger charge is 2.15. The molecule has 1 heterocycles. The summed E-state index contributed by atoms with van der Waals surface area (Å²) in [6.45, 7) is 5.94. The summed E-state index contributed by atoms with van der Waals surface area (Å²) in [5.41, 5.74) is 3.71. The molecule has 33 heavy (non-hydrogen) atoms. The van der Waals surface area contributed by atoms with Crippen molar-refractivity contribution in [2.75, 3.05) is 12.4 Å². The normalized spacial score (nSPS) is 12.3. The molecule has 0 aliphatic carbocycles. The number of esters is 1. The number of carbonyl (C=O) groups excluding carboxylic acids is 2. The number of rotatable bonds is 9. The van der Waals surface area contributed by atoms with Crippen molar-refractivity contribution in [3.8, 4) is 0 Å². The van der Waals surface area contributed by atoms with Crippen molar-refractivity contribution in [3.63, 3.8) is 0 Å². The van der Waals surface area contributed by atoms with Gasteiger partial charge in [-0.1, -0.05) is 41.7 Å². The van der Waals surface area contributed by atoms with E-state index in [9.17, 15) is 18.0 Å². The summed E-state index contributed by atoms with van der Waals surface area (Å²) in [5, 5.41) is 0. The van der Waals surface area contributed by atoms with Gasteiger partial charge in [0.2, 0.25) is 5.91 Å². The van der Waals surface area contributed by atoms with Crippen LogP contribution in [0.5, 0.6) is 0 Å². The van der Waals surface area contributed by atoms with Crippen LogP contribution in [-0.4, -0.2) is 37.2 Å². The number of hydrogen-bond donors (Lipinski definition) is 0. The lowest BCUT2D eigenvalue weighted by atomic mass is 10.1. The molecular weight excluding hydrogens is 460 g/mol. The molecule has 0 radical (unpaired) electrons. The van der Waals surface area contributed by atoms with Gasteiger partial charge in [-0.2, -0.15) is 4.99 Å². The fourth-order valence-corrected chi connectivity index (χ4v) is 5.96. The van der Waals surface area contributed by atoms with Gasteiger partial charge < -0.3 is 9.30 Å². The number of thiazole rings is 1. The fourth-order valence-electron chi connectivity index (χ4n) is 3.40. The van der Waals surface area contributed by atoms with Crippen molar-refractivity contribution in [3.05, 3.63) is 64.0 Å². The van der Waals surface area contributed by atoms with Gasteiger partial charge in [-0.15, -0.1) is 0 Å². The van der Waals surface area contributed by atoms with Gasteiger partial charge in [0, 0.05) is 6.42 Å². The summed E-state index contributed by atoms with van der Waals surface area (Å²) in [6, 6.07) is 13.0. The van der Waals surface area contributed by atoms with Crippen molar-refractivity contribution in [1.82, 2.24) is 4.57 Å². The zero-order valence-electron chi connectivity index (χ0n) is 19.0. The topological polar surface area (TPSA) is 94.8 Å². The minimum Gasteiger partial charge on any atom is -0.465 e. The Morgan fingerprint density at radius 2 is 1.79 bits per heavy atom. The van der Waals surface area contributed by atoms with Crippen molar-refractivity contribution in [2.45, 2.75) is 45.9 Å². The minimum absolute atomic E-state index is 0.0136. The van der Waals surface area contributed by atoms with Crippen LogP contribution in [0.25, 0.3) is 10.2 Å². The summed E-state index contributed by atoms with van der Waals surface area (Å²) in [4.78, 5) is 29.3. The van der Waals surface area contributed by atoms with Gasteiger partial charge in [0.05, 0.1) is 28.3 Å². The Balaban J connectivity index is 1.77. The number of hydrogen-bond acceptors (Lipinski definition) is 6. The molecule has 0 unspecified atom stereocenters. The Morgan fingerprint density at radius 3 is 2.48 bits per heavy atom. The van der Waals surface area contributed by atoms with Gasteiger partial charge in [-0.3, -0.25) is 9.59 Å². The van der Waals surface area contributed by atoms with Crippen LogP contribution in [0.3, 0.4) is 0 Å². The predicted molar refractivity (Wildman–Crippen MR) is 130 cm³/mol. The number of aryl methyl sites for hydroxylation is 2. The quantitative estimate of drug-likeness (QED) is 0.428. The molecule has 3 aromatic rings. The molecule has 176 valence electrons. The van der Waals surface area contributed by atoms with Crippen molar-refractivity contribution in [2.24, 2.45) is 4.99 Å². The van der Waals surface area contributed by atoms with E-state index < -0.39 is 21.7 Å². The van der Waals surface area contributed by atoms with Crippen LogP contribution in [0.15, 0.2) is 47.5 Å². The largest absolute Gasteiger partial charge is 0.465 e. The van der Waals surface area contributed by atoms with Crippen molar-refractivity contribution >= 4 is 43.3 Å². The van der Waals surface area contributed by atoms with Gasteiger partial charge in [0.15, 0.2) is 14.6 Å². The first kappa shape index (κ1) is 24.9. The first-order valence-electron chi connectivity index (χ1n) is 10.8. The number of sulfone groups is 1. The maximum absolute atomic E-state index is 12.5. The number of benzene rings is 2. The third-order valence-corrected chi connectivity index (χ3v) is 7.91. The second-order valence-electron chi connectivity index (χ2n) is 7.87. The molecule has 0 fully saturated rings. The average molecular weight is 489 g/mol. The fraction of sp³-hybridized carbons (Fsp3) is 0.375. The van der Waals surface area contributed by atoms with E-state index in [2.05, 4.69) is 4.99 Å². The van der Waals surface area contributed by atoms with Gasteiger partial charge >= 0.3 is 5.97 Å².